The maximum absolute atomic E-state index is 12.7. The number of carbonyl (C=O) groups is 1. The van der Waals surface area contributed by atoms with Gasteiger partial charge in [0.15, 0.2) is 0 Å². The molecular formula is C26H27ClN2O3. The molecule has 0 saturated carbocycles. The van der Waals surface area contributed by atoms with E-state index in [1.807, 2.05) is 30.3 Å². The number of ether oxygens (including phenoxy) is 2. The number of fused-ring (bicyclic) bond motifs is 2. The van der Waals surface area contributed by atoms with Gasteiger partial charge in [0.05, 0.1) is 19.2 Å². The van der Waals surface area contributed by atoms with Gasteiger partial charge < -0.3 is 14.4 Å². The molecule has 6 heteroatoms. The van der Waals surface area contributed by atoms with Crippen molar-refractivity contribution in [1.29, 1.82) is 0 Å². The van der Waals surface area contributed by atoms with E-state index in [0.29, 0.717) is 29.4 Å². The number of nitrogens with zero attached hydrogens (tertiary/aromatic N) is 2. The Hall–Kier alpha value is -2.76. The van der Waals surface area contributed by atoms with Crippen molar-refractivity contribution in [2.75, 3.05) is 38.8 Å². The number of anilines is 1. The highest BCUT2D eigenvalue weighted by atomic mass is 35.5. The molecule has 0 spiro atoms. The molecule has 32 heavy (non-hydrogen) atoms. The summed E-state index contributed by atoms with van der Waals surface area (Å²) in [4.78, 5) is 17.6. The van der Waals surface area contributed by atoms with Gasteiger partial charge in [-0.1, -0.05) is 29.8 Å². The van der Waals surface area contributed by atoms with Gasteiger partial charge in [0, 0.05) is 56.3 Å². The van der Waals surface area contributed by atoms with Crippen molar-refractivity contribution in [3.05, 3.63) is 65.2 Å². The molecule has 3 aromatic rings. The summed E-state index contributed by atoms with van der Waals surface area (Å²) < 4.78 is 10.7. The molecule has 2 heterocycles. The molecule has 0 aromatic heterocycles. The quantitative estimate of drug-likeness (QED) is 0.552. The summed E-state index contributed by atoms with van der Waals surface area (Å²) in [6.07, 6.45) is 1.18. The first kappa shape index (κ1) is 21.1. The van der Waals surface area contributed by atoms with Crippen molar-refractivity contribution < 1.29 is 14.3 Å². The van der Waals surface area contributed by atoms with E-state index in [-0.39, 0.29) is 12.1 Å². The average Bonchev–Trinajstić information content (AvgIpc) is 2.82. The van der Waals surface area contributed by atoms with Crippen molar-refractivity contribution in [3.63, 3.8) is 0 Å². The van der Waals surface area contributed by atoms with Crippen molar-refractivity contribution in [2.45, 2.75) is 24.9 Å². The second-order valence-electron chi connectivity index (χ2n) is 8.59. The fraction of sp³-hybridized carbons (Fsp3) is 0.346. The topological polar surface area (TPSA) is 42.0 Å². The predicted octanol–water partition coefficient (Wildman–Crippen LogP) is 5.11. The molecule has 0 N–H and O–H groups in total. The van der Waals surface area contributed by atoms with Crippen LogP contribution < -0.4 is 14.4 Å². The maximum Gasteiger partial charge on any atom is 0.139 e. The highest BCUT2D eigenvalue weighted by molar-refractivity contribution is 6.32. The lowest BCUT2D eigenvalue weighted by molar-refractivity contribution is -0.125. The number of piperidine rings is 1. The number of ketones is 1. The Morgan fingerprint density at radius 3 is 2.53 bits per heavy atom. The molecule has 0 aliphatic carbocycles. The molecule has 5 rings (SSSR count). The summed E-state index contributed by atoms with van der Waals surface area (Å²) in [5.41, 5.74) is 2.29. The van der Waals surface area contributed by atoms with E-state index in [1.165, 1.54) is 10.9 Å². The van der Waals surface area contributed by atoms with Crippen molar-refractivity contribution in [3.8, 4) is 11.5 Å². The first-order valence-corrected chi connectivity index (χ1v) is 11.4. The Bertz CT molecular complexity index is 1170. The zero-order valence-electron chi connectivity index (χ0n) is 18.4. The highest BCUT2D eigenvalue weighted by Gasteiger charge is 2.39. The largest absolute Gasteiger partial charge is 0.497 e. The fourth-order valence-electron chi connectivity index (χ4n) is 5.11. The SMILES string of the molecule is COc1ccc2cc([C@H]3CC(=O)C[C@H]4CN(c5ccc(Cl)c(OC)c5)CCN43)ccc2c1. The summed E-state index contributed by atoms with van der Waals surface area (Å²) in [6.45, 7) is 2.63. The van der Waals surface area contributed by atoms with Crippen LogP contribution in [0.3, 0.4) is 0 Å². The third-order valence-corrected chi connectivity index (χ3v) is 7.08. The second kappa shape index (κ2) is 8.64. The normalized spacial score (nSPS) is 21.5. The minimum Gasteiger partial charge on any atom is -0.497 e. The molecule has 3 aromatic carbocycles. The number of Topliss-reactive ketones (excluding diaryl/α,β-unsaturated/α-hetero) is 1. The zero-order valence-corrected chi connectivity index (χ0v) is 19.1. The number of rotatable bonds is 4. The van der Waals surface area contributed by atoms with Gasteiger partial charge in [0.1, 0.15) is 17.3 Å². The summed E-state index contributed by atoms with van der Waals surface area (Å²) in [7, 11) is 3.32. The molecule has 2 aliphatic heterocycles. The Morgan fingerprint density at radius 2 is 1.72 bits per heavy atom. The Morgan fingerprint density at radius 1 is 0.906 bits per heavy atom. The molecule has 2 aliphatic rings. The van der Waals surface area contributed by atoms with E-state index in [1.54, 1.807) is 14.2 Å². The zero-order chi connectivity index (χ0) is 22.2. The van der Waals surface area contributed by atoms with Gasteiger partial charge in [0.2, 0.25) is 0 Å². The van der Waals surface area contributed by atoms with Gasteiger partial charge in [-0.3, -0.25) is 9.69 Å². The first-order chi connectivity index (χ1) is 15.6. The molecule has 0 amide bonds. The van der Waals surface area contributed by atoms with Crippen molar-refractivity contribution in [2.24, 2.45) is 0 Å². The summed E-state index contributed by atoms with van der Waals surface area (Å²) in [5, 5.41) is 2.93. The number of hydrogen-bond acceptors (Lipinski definition) is 5. The summed E-state index contributed by atoms with van der Waals surface area (Å²) >= 11 is 6.21. The Kier molecular flexibility index (Phi) is 5.70. The minimum atomic E-state index is 0.120. The minimum absolute atomic E-state index is 0.120. The van der Waals surface area contributed by atoms with E-state index in [9.17, 15) is 4.79 Å². The number of hydrogen-bond donors (Lipinski definition) is 0. The third-order valence-electron chi connectivity index (χ3n) is 6.77. The predicted molar refractivity (Wildman–Crippen MR) is 128 cm³/mol. The van der Waals surface area contributed by atoms with Crippen LogP contribution in [0.15, 0.2) is 54.6 Å². The van der Waals surface area contributed by atoms with Crippen LogP contribution in [-0.4, -0.2) is 50.6 Å². The van der Waals surface area contributed by atoms with E-state index >= 15 is 0 Å². The smallest absolute Gasteiger partial charge is 0.139 e. The van der Waals surface area contributed by atoms with Crippen LogP contribution in [0.25, 0.3) is 10.8 Å². The van der Waals surface area contributed by atoms with Gasteiger partial charge >= 0.3 is 0 Å². The van der Waals surface area contributed by atoms with E-state index in [4.69, 9.17) is 21.1 Å². The molecule has 5 nitrogen and oxygen atoms in total. The van der Waals surface area contributed by atoms with Crippen LogP contribution in [0.1, 0.15) is 24.4 Å². The van der Waals surface area contributed by atoms with Gasteiger partial charge in [-0.25, -0.2) is 0 Å². The number of carbonyl (C=O) groups excluding carboxylic acids is 1. The van der Waals surface area contributed by atoms with Gasteiger partial charge in [-0.15, -0.1) is 0 Å². The number of halogens is 1. The molecular weight excluding hydrogens is 424 g/mol. The maximum atomic E-state index is 12.7. The van der Waals surface area contributed by atoms with E-state index < -0.39 is 0 Å². The van der Waals surface area contributed by atoms with Crippen molar-refractivity contribution >= 4 is 33.8 Å². The molecule has 0 bridgehead atoms. The monoisotopic (exact) mass is 450 g/mol. The van der Waals surface area contributed by atoms with Crippen LogP contribution >= 0.6 is 11.6 Å². The third kappa shape index (κ3) is 3.91. The van der Waals surface area contributed by atoms with E-state index in [2.05, 4.69) is 34.1 Å². The molecule has 166 valence electrons. The molecule has 0 radical (unpaired) electrons. The highest BCUT2D eigenvalue weighted by Crippen LogP contribution is 2.38. The lowest BCUT2D eigenvalue weighted by Crippen LogP contribution is -2.57. The lowest BCUT2D eigenvalue weighted by atomic mass is 9.87. The molecule has 2 saturated heterocycles. The van der Waals surface area contributed by atoms with Crippen molar-refractivity contribution in [1.82, 2.24) is 4.90 Å². The lowest BCUT2D eigenvalue weighted by Gasteiger charge is -2.48. The first-order valence-electron chi connectivity index (χ1n) is 11.0. The molecule has 0 unspecified atom stereocenters. The van der Waals surface area contributed by atoms with Crippen LogP contribution in [-0.2, 0) is 4.79 Å². The number of benzene rings is 3. The standard InChI is InChI=1S/C26H27ClN2O3/c1-31-23-7-5-17-11-19(4-3-18(17)12-23)25-15-22(30)13-21-16-28(9-10-29(21)25)20-6-8-24(27)26(14-20)32-2/h3-8,11-12,14,21,25H,9-10,13,15-16H2,1-2H3/t21-,25+/m0/s1. The molecule has 2 fully saturated rings. The van der Waals surface area contributed by atoms with Gasteiger partial charge in [-0.2, -0.15) is 0 Å². The van der Waals surface area contributed by atoms with Gasteiger partial charge in [-0.05, 0) is 46.7 Å². The summed E-state index contributed by atoms with van der Waals surface area (Å²) in [6, 6.07) is 18.9. The van der Waals surface area contributed by atoms with Gasteiger partial charge in [0.25, 0.3) is 0 Å². The van der Waals surface area contributed by atoms with Crippen LogP contribution in [0.2, 0.25) is 5.02 Å². The van der Waals surface area contributed by atoms with Crippen LogP contribution in [0.4, 0.5) is 5.69 Å². The number of piperazine rings is 1. The number of methoxy groups -OCH3 is 2. The van der Waals surface area contributed by atoms with Crippen LogP contribution in [0.5, 0.6) is 11.5 Å². The Balaban J connectivity index is 1.40. The fourth-order valence-corrected chi connectivity index (χ4v) is 5.30. The Labute approximate surface area is 193 Å². The van der Waals surface area contributed by atoms with E-state index in [0.717, 1.165) is 36.5 Å². The molecule has 2 atom stereocenters. The average molecular weight is 451 g/mol. The summed E-state index contributed by atoms with van der Waals surface area (Å²) in [5.74, 6) is 1.87. The van der Waals surface area contributed by atoms with Crippen LogP contribution in [0, 0.1) is 0 Å². The second-order valence-corrected chi connectivity index (χ2v) is 9.00.